The van der Waals surface area contributed by atoms with Gasteiger partial charge in [0.1, 0.15) is 16.4 Å². The summed E-state index contributed by atoms with van der Waals surface area (Å²) in [6, 6.07) is 13.8. The van der Waals surface area contributed by atoms with Crippen molar-refractivity contribution in [1.82, 2.24) is 4.98 Å². The number of nitrogens with zero attached hydrogens (tertiary/aromatic N) is 1. The molecular formula is C20H18ClNO4S. The molecule has 5 nitrogen and oxygen atoms in total. The van der Waals surface area contributed by atoms with Gasteiger partial charge in [-0.15, -0.1) is 0 Å². The molecule has 0 amide bonds. The number of sulfone groups is 1. The van der Waals surface area contributed by atoms with E-state index >= 15 is 0 Å². The van der Waals surface area contributed by atoms with Crippen LogP contribution in [-0.2, 0) is 15.6 Å². The van der Waals surface area contributed by atoms with Gasteiger partial charge >= 0.3 is 0 Å². The van der Waals surface area contributed by atoms with Gasteiger partial charge in [-0.2, -0.15) is 0 Å². The second kappa shape index (κ2) is 7.98. The van der Waals surface area contributed by atoms with E-state index in [9.17, 15) is 8.42 Å². The Bertz CT molecular complexity index is 1050. The second-order valence-electron chi connectivity index (χ2n) is 5.86. The largest absolute Gasteiger partial charge is 0.497 e. The molecule has 0 bridgehead atoms. The molecule has 0 saturated heterocycles. The van der Waals surface area contributed by atoms with Crippen molar-refractivity contribution in [2.75, 3.05) is 14.2 Å². The van der Waals surface area contributed by atoms with Crippen molar-refractivity contribution in [2.24, 2.45) is 0 Å². The number of ether oxygens (including phenoxy) is 2. The van der Waals surface area contributed by atoms with E-state index in [1.54, 1.807) is 42.7 Å². The van der Waals surface area contributed by atoms with Crippen LogP contribution in [0.1, 0.15) is 5.56 Å². The van der Waals surface area contributed by atoms with Gasteiger partial charge in [0.05, 0.1) is 20.0 Å². The average molecular weight is 404 g/mol. The summed E-state index contributed by atoms with van der Waals surface area (Å²) in [6.07, 6.45) is 3.23. The van der Waals surface area contributed by atoms with E-state index in [1.165, 1.54) is 20.3 Å². The smallest absolute Gasteiger partial charge is 0.186 e. The van der Waals surface area contributed by atoms with Crippen molar-refractivity contribution < 1.29 is 17.9 Å². The van der Waals surface area contributed by atoms with Gasteiger partial charge in [0.15, 0.2) is 9.84 Å². The molecule has 0 N–H and O–H groups in total. The third kappa shape index (κ3) is 4.40. The lowest BCUT2D eigenvalue weighted by Crippen LogP contribution is -2.07. The Morgan fingerprint density at radius 3 is 2.33 bits per heavy atom. The van der Waals surface area contributed by atoms with E-state index in [0.29, 0.717) is 16.3 Å². The van der Waals surface area contributed by atoms with Crippen molar-refractivity contribution >= 4 is 21.4 Å². The number of halogens is 1. The summed E-state index contributed by atoms with van der Waals surface area (Å²) in [5.74, 6) is 0.519. The van der Waals surface area contributed by atoms with Crippen LogP contribution in [0.5, 0.6) is 11.5 Å². The zero-order valence-electron chi connectivity index (χ0n) is 14.8. The summed E-state index contributed by atoms with van der Waals surface area (Å²) >= 11 is 5.92. The van der Waals surface area contributed by atoms with E-state index in [1.807, 2.05) is 12.1 Å². The monoisotopic (exact) mass is 403 g/mol. The summed E-state index contributed by atoms with van der Waals surface area (Å²) in [6.45, 7) is 0. The predicted octanol–water partition coefficient (Wildman–Crippen LogP) is 4.39. The lowest BCUT2D eigenvalue weighted by molar-refractivity contribution is 0.392. The Hall–Kier alpha value is -2.57. The number of aromatic nitrogens is 1. The molecule has 7 heteroatoms. The summed E-state index contributed by atoms with van der Waals surface area (Å²) in [7, 11) is -0.743. The molecule has 0 aliphatic rings. The van der Waals surface area contributed by atoms with Crippen molar-refractivity contribution in [2.45, 2.75) is 10.6 Å². The van der Waals surface area contributed by atoms with Crippen LogP contribution in [0.4, 0.5) is 0 Å². The van der Waals surface area contributed by atoms with Crippen LogP contribution in [0, 0.1) is 0 Å². The van der Waals surface area contributed by atoms with Gasteiger partial charge in [-0.3, -0.25) is 4.98 Å². The van der Waals surface area contributed by atoms with Gasteiger partial charge in [-0.05, 0) is 41.5 Å². The standard InChI is InChI=1S/C20H18ClNO4S/c1-25-18-7-8-19(26-2)20(10-18)27(23,24)13-14-9-16(12-22-11-14)15-3-5-17(21)6-4-15/h3-12H,13H2,1-2H3. The van der Waals surface area contributed by atoms with E-state index in [2.05, 4.69) is 4.98 Å². The fraction of sp³-hybridized carbons (Fsp3) is 0.150. The normalized spacial score (nSPS) is 11.2. The van der Waals surface area contributed by atoms with Crippen molar-refractivity contribution in [1.29, 1.82) is 0 Å². The Morgan fingerprint density at radius 2 is 1.67 bits per heavy atom. The van der Waals surface area contributed by atoms with E-state index in [4.69, 9.17) is 21.1 Å². The maximum atomic E-state index is 13.0. The van der Waals surface area contributed by atoms with Crippen LogP contribution < -0.4 is 9.47 Å². The molecule has 27 heavy (non-hydrogen) atoms. The van der Waals surface area contributed by atoms with Gasteiger partial charge in [-0.25, -0.2) is 8.42 Å². The van der Waals surface area contributed by atoms with Gasteiger partial charge < -0.3 is 9.47 Å². The van der Waals surface area contributed by atoms with Gasteiger partial charge in [0.25, 0.3) is 0 Å². The van der Waals surface area contributed by atoms with Crippen LogP contribution in [0.3, 0.4) is 0 Å². The van der Waals surface area contributed by atoms with Crippen LogP contribution in [0.25, 0.3) is 11.1 Å². The Labute approximate surface area is 163 Å². The average Bonchev–Trinajstić information content (AvgIpc) is 2.68. The summed E-state index contributed by atoms with van der Waals surface area (Å²) in [5.41, 5.74) is 2.30. The minimum absolute atomic E-state index is 0.0845. The topological polar surface area (TPSA) is 65.5 Å². The molecule has 1 heterocycles. The first kappa shape index (κ1) is 19.2. The van der Waals surface area contributed by atoms with Crippen LogP contribution in [0.2, 0.25) is 5.02 Å². The number of pyridine rings is 1. The lowest BCUT2D eigenvalue weighted by Gasteiger charge is -2.12. The molecule has 0 fully saturated rings. The zero-order valence-corrected chi connectivity index (χ0v) is 16.4. The van der Waals surface area contributed by atoms with Gasteiger partial charge in [-0.1, -0.05) is 23.7 Å². The first-order valence-corrected chi connectivity index (χ1v) is 10.1. The van der Waals surface area contributed by atoms with Crippen molar-refractivity contribution in [3.8, 4) is 22.6 Å². The number of hydrogen-bond acceptors (Lipinski definition) is 5. The fourth-order valence-corrected chi connectivity index (χ4v) is 4.32. The van der Waals surface area contributed by atoms with Crippen molar-refractivity contribution in [3.63, 3.8) is 0 Å². The highest BCUT2D eigenvalue weighted by atomic mass is 35.5. The molecule has 0 saturated carbocycles. The van der Waals surface area contributed by atoms with Crippen LogP contribution in [0.15, 0.2) is 65.8 Å². The molecule has 140 valence electrons. The molecule has 2 aromatic carbocycles. The summed E-state index contributed by atoms with van der Waals surface area (Å²) < 4.78 is 36.3. The number of benzene rings is 2. The number of hydrogen-bond donors (Lipinski definition) is 0. The number of rotatable bonds is 6. The molecule has 3 rings (SSSR count). The van der Waals surface area contributed by atoms with E-state index in [-0.39, 0.29) is 16.4 Å². The van der Waals surface area contributed by atoms with E-state index in [0.717, 1.165) is 11.1 Å². The van der Waals surface area contributed by atoms with E-state index < -0.39 is 9.84 Å². The first-order chi connectivity index (χ1) is 12.9. The third-order valence-corrected chi connectivity index (χ3v) is 5.99. The molecule has 0 aliphatic carbocycles. The highest BCUT2D eigenvalue weighted by molar-refractivity contribution is 7.90. The minimum atomic E-state index is -3.66. The number of methoxy groups -OCH3 is 2. The zero-order chi connectivity index (χ0) is 19.4. The minimum Gasteiger partial charge on any atom is -0.497 e. The predicted molar refractivity (Wildman–Crippen MR) is 105 cm³/mol. The molecule has 0 atom stereocenters. The van der Waals surface area contributed by atoms with Gasteiger partial charge in [0.2, 0.25) is 0 Å². The lowest BCUT2D eigenvalue weighted by atomic mass is 10.1. The third-order valence-electron chi connectivity index (χ3n) is 4.03. The quantitative estimate of drug-likeness (QED) is 0.610. The maximum absolute atomic E-state index is 13.0. The molecule has 0 unspecified atom stereocenters. The Kier molecular flexibility index (Phi) is 5.68. The SMILES string of the molecule is COc1ccc(OC)c(S(=O)(=O)Cc2cncc(-c3ccc(Cl)cc3)c2)c1. The van der Waals surface area contributed by atoms with Crippen LogP contribution >= 0.6 is 11.6 Å². The maximum Gasteiger partial charge on any atom is 0.186 e. The highest BCUT2D eigenvalue weighted by Crippen LogP contribution is 2.31. The molecular weight excluding hydrogens is 386 g/mol. The van der Waals surface area contributed by atoms with Gasteiger partial charge in [0, 0.05) is 29.0 Å². The molecule has 3 aromatic rings. The molecule has 0 aliphatic heterocycles. The van der Waals surface area contributed by atoms with Crippen LogP contribution in [-0.4, -0.2) is 27.6 Å². The molecule has 0 radical (unpaired) electrons. The summed E-state index contributed by atoms with van der Waals surface area (Å²) in [5, 5.41) is 0.635. The second-order valence-corrected chi connectivity index (χ2v) is 8.26. The summed E-state index contributed by atoms with van der Waals surface area (Å²) in [4.78, 5) is 4.27. The highest BCUT2D eigenvalue weighted by Gasteiger charge is 2.21. The Morgan fingerprint density at radius 1 is 0.926 bits per heavy atom. The molecule has 0 spiro atoms. The molecule has 1 aromatic heterocycles. The first-order valence-electron chi connectivity index (χ1n) is 8.07. The Balaban J connectivity index is 1.95. The fourth-order valence-electron chi connectivity index (χ4n) is 2.69. The van der Waals surface area contributed by atoms with Crippen molar-refractivity contribution in [3.05, 3.63) is 71.5 Å².